The number of hydrogen-bond donors (Lipinski definition) is 5. The average Bonchev–Trinajstić information content (AvgIpc) is 3.63. The maximum Gasteiger partial charge on any atom is 0.273 e. The lowest BCUT2D eigenvalue weighted by molar-refractivity contribution is -0.180. The number of phenols is 2. The molecule has 6 aliphatic heterocycles. The first-order valence-electron chi connectivity index (χ1n) is 17.7. The molecule has 1 amide bonds. The highest BCUT2D eigenvalue weighted by Crippen LogP contribution is 2.52. The van der Waals surface area contributed by atoms with Gasteiger partial charge >= 0.3 is 0 Å². The number of phenolic OH excluding ortho intramolecular Hbond substituents is 2. The molecule has 50 heavy (non-hydrogen) atoms. The van der Waals surface area contributed by atoms with Crippen LogP contribution in [0.5, 0.6) is 17.2 Å². The number of allylic oxidation sites excluding steroid dienone is 2. The average molecular weight is 689 g/mol. The van der Waals surface area contributed by atoms with Gasteiger partial charge < -0.3 is 40.1 Å². The number of nitrogens with zero attached hydrogens (tertiary/aromatic N) is 3. The normalized spacial score (nSPS) is 38.9. The Morgan fingerprint density at radius 2 is 1.60 bits per heavy atom. The molecule has 0 aromatic heterocycles. The van der Waals surface area contributed by atoms with Crippen LogP contribution in [0.2, 0.25) is 0 Å². The van der Waals surface area contributed by atoms with Crippen molar-refractivity contribution in [2.75, 3.05) is 12.4 Å². The number of aromatic hydroxyl groups is 2. The van der Waals surface area contributed by atoms with Gasteiger partial charge in [-0.05, 0) is 40.7 Å². The Labute approximate surface area is 291 Å². The number of aliphatic hydroxyl groups excluding tert-OH is 2. The molecular weight excluding hydrogens is 640 g/mol. The molecular formula is C38H48N4O8. The van der Waals surface area contributed by atoms with Crippen molar-refractivity contribution in [1.29, 1.82) is 0 Å². The molecule has 3 unspecified atom stereocenters. The van der Waals surface area contributed by atoms with Gasteiger partial charge in [0, 0.05) is 66.1 Å². The zero-order valence-electron chi connectivity index (χ0n) is 29.9. The van der Waals surface area contributed by atoms with Gasteiger partial charge in [0.05, 0.1) is 34.9 Å². The SMILES string of the molecule is C/C1=C/C=C/[C@H](C)[C@H](O)[C@@H](C)[C@@H](O)[C@@H](C)C(C)O[C@@]2(C)Oc3c(C)c(O)c4c(O)c(c5c(c4c3C2=O)NC2(CC3CCC(C2)N3C)N=5)=NC1=O. The van der Waals surface area contributed by atoms with Gasteiger partial charge in [-0.15, -0.1) is 0 Å². The smallest absolute Gasteiger partial charge is 0.273 e. The minimum atomic E-state index is -1.84. The molecule has 12 heteroatoms. The largest absolute Gasteiger partial charge is 0.507 e. The lowest BCUT2D eigenvalue weighted by Gasteiger charge is -2.42. The maximum absolute atomic E-state index is 14.6. The number of ether oxygens (including phenoxy) is 2. The first-order valence-corrected chi connectivity index (χ1v) is 17.7. The summed E-state index contributed by atoms with van der Waals surface area (Å²) in [5.74, 6) is -5.13. The summed E-state index contributed by atoms with van der Waals surface area (Å²) in [7, 11) is 2.12. The first kappa shape index (κ1) is 34.6. The minimum absolute atomic E-state index is 0.0344. The second kappa shape index (κ2) is 11.9. The van der Waals surface area contributed by atoms with E-state index < -0.39 is 59.0 Å². The Hall–Kier alpha value is -3.84. The van der Waals surface area contributed by atoms with E-state index in [1.54, 1.807) is 52.8 Å². The van der Waals surface area contributed by atoms with Crippen molar-refractivity contribution < 1.29 is 39.5 Å². The topological polar surface area (TPSA) is 174 Å². The van der Waals surface area contributed by atoms with Crippen LogP contribution < -0.4 is 20.8 Å². The van der Waals surface area contributed by atoms with Crippen LogP contribution in [-0.2, 0) is 9.53 Å². The number of hydrogen-bond acceptors (Lipinski definition) is 11. The fraction of sp³-hybridized carbons (Fsp3) is 0.579. The number of amides is 1. The molecule has 268 valence electrons. The molecule has 0 aliphatic carbocycles. The van der Waals surface area contributed by atoms with Crippen molar-refractivity contribution in [3.63, 3.8) is 0 Å². The van der Waals surface area contributed by atoms with Gasteiger partial charge in [-0.1, -0.05) is 39.0 Å². The first-order chi connectivity index (χ1) is 23.5. The Kier molecular flexibility index (Phi) is 8.21. The van der Waals surface area contributed by atoms with E-state index in [-0.39, 0.29) is 67.7 Å². The fourth-order valence-corrected chi connectivity index (χ4v) is 8.78. The predicted octanol–water partition coefficient (Wildman–Crippen LogP) is 3.55. The zero-order valence-corrected chi connectivity index (χ0v) is 29.9. The number of piperidine rings is 1. The van der Waals surface area contributed by atoms with E-state index in [0.29, 0.717) is 18.5 Å². The second-order valence-electron chi connectivity index (χ2n) is 15.5. The van der Waals surface area contributed by atoms with E-state index in [4.69, 9.17) is 14.5 Å². The van der Waals surface area contributed by atoms with Crippen LogP contribution in [0.1, 0.15) is 83.1 Å². The van der Waals surface area contributed by atoms with Crippen LogP contribution in [-0.4, -0.2) is 85.9 Å². The van der Waals surface area contributed by atoms with Crippen molar-refractivity contribution >= 4 is 28.2 Å². The molecule has 2 aromatic carbocycles. The van der Waals surface area contributed by atoms with Crippen LogP contribution in [0.4, 0.5) is 5.69 Å². The molecule has 5 N–H and O–H groups in total. The molecule has 0 radical (unpaired) electrons. The lowest BCUT2D eigenvalue weighted by atomic mass is 9.82. The molecule has 2 aromatic rings. The quantitative estimate of drug-likeness (QED) is 0.258. The highest BCUT2D eigenvalue weighted by atomic mass is 16.7. The van der Waals surface area contributed by atoms with Gasteiger partial charge in [-0.3, -0.25) is 14.6 Å². The second-order valence-corrected chi connectivity index (χ2v) is 15.5. The Bertz CT molecular complexity index is 1990. The van der Waals surface area contributed by atoms with Crippen LogP contribution in [0.3, 0.4) is 0 Å². The molecule has 7 bridgehead atoms. The summed E-state index contributed by atoms with van der Waals surface area (Å²) in [5.41, 5.74) is 0.212. The number of fused-ring (bicyclic) bond motifs is 12. The number of carbonyl (C=O) groups is 2. The molecule has 8 rings (SSSR count). The molecule has 0 saturated carbocycles. The highest BCUT2D eigenvalue weighted by molar-refractivity contribution is 6.21. The standard InChI is InChI=1S/C38H48N4O8/c1-16-10-9-11-17(2)36(48)39-29-28-27(40-38(41-28)14-22-12-13-23(15-38)42(22)8)24-25(33(29)46)32(45)20(5)34-26(24)35(47)37(7,50-34)49-21(6)18(3)31(44)19(4)30(16)43/h9-11,16,18-19,21-23,30-31,40,43-46H,12-15H2,1-8H3/b10-9+,17-11-,39-29?/t16-,18-,19+,21?,22?,23?,30-,31-,37-,38?/m0/s1. The van der Waals surface area contributed by atoms with E-state index in [0.717, 1.165) is 12.8 Å². The molecule has 6 heterocycles. The minimum Gasteiger partial charge on any atom is -0.507 e. The van der Waals surface area contributed by atoms with E-state index in [1.165, 1.54) is 6.92 Å². The van der Waals surface area contributed by atoms with Gasteiger partial charge in [0.2, 0.25) is 5.78 Å². The van der Waals surface area contributed by atoms with Gasteiger partial charge in [0.1, 0.15) is 27.9 Å². The molecule has 9 atom stereocenters. The molecule has 6 aliphatic rings. The zero-order chi connectivity index (χ0) is 36.2. The number of aliphatic hydroxyl groups is 2. The summed E-state index contributed by atoms with van der Waals surface area (Å²) < 4.78 is 12.7. The van der Waals surface area contributed by atoms with E-state index in [9.17, 15) is 30.0 Å². The summed E-state index contributed by atoms with van der Waals surface area (Å²) in [6.45, 7) is 11.8. The van der Waals surface area contributed by atoms with E-state index in [2.05, 4.69) is 22.3 Å². The number of carbonyl (C=O) groups excluding carboxylic acids is 2. The van der Waals surface area contributed by atoms with Gasteiger partial charge in [-0.2, -0.15) is 0 Å². The van der Waals surface area contributed by atoms with Crippen molar-refractivity contribution in [1.82, 2.24) is 4.90 Å². The van der Waals surface area contributed by atoms with Crippen molar-refractivity contribution in [2.45, 2.75) is 116 Å². The third-order valence-electron chi connectivity index (χ3n) is 12.2. The highest BCUT2D eigenvalue weighted by Gasteiger charge is 2.53. The maximum atomic E-state index is 14.6. The van der Waals surface area contributed by atoms with Crippen LogP contribution in [0.15, 0.2) is 33.8 Å². The number of benzene rings is 2. The van der Waals surface area contributed by atoms with Crippen molar-refractivity contribution in [3.8, 4) is 17.2 Å². The number of ketones is 1. The van der Waals surface area contributed by atoms with Crippen molar-refractivity contribution in [2.24, 2.45) is 27.7 Å². The number of nitrogens with one attached hydrogen (secondary N) is 1. The third-order valence-corrected chi connectivity index (χ3v) is 12.2. The number of anilines is 1. The monoisotopic (exact) mass is 688 g/mol. The van der Waals surface area contributed by atoms with Gasteiger partial charge in [0.15, 0.2) is 5.75 Å². The van der Waals surface area contributed by atoms with Crippen molar-refractivity contribution in [3.05, 3.63) is 45.6 Å². The fourth-order valence-electron chi connectivity index (χ4n) is 8.78. The third kappa shape index (κ3) is 5.09. The Morgan fingerprint density at radius 3 is 2.26 bits per heavy atom. The van der Waals surface area contributed by atoms with E-state index in [1.807, 2.05) is 6.92 Å². The summed E-state index contributed by atoms with van der Waals surface area (Å²) >= 11 is 0. The van der Waals surface area contributed by atoms with Gasteiger partial charge in [0.25, 0.3) is 11.7 Å². The van der Waals surface area contributed by atoms with Crippen LogP contribution in [0, 0.1) is 24.7 Å². The van der Waals surface area contributed by atoms with E-state index >= 15 is 0 Å². The lowest BCUT2D eigenvalue weighted by Crippen LogP contribution is -2.51. The molecule has 1 spiro atoms. The number of rotatable bonds is 0. The summed E-state index contributed by atoms with van der Waals surface area (Å²) in [4.78, 5) is 40.2. The van der Waals surface area contributed by atoms with Crippen LogP contribution in [0.25, 0.3) is 10.8 Å². The Morgan fingerprint density at radius 1 is 0.940 bits per heavy atom. The molecule has 2 fully saturated rings. The van der Waals surface area contributed by atoms with Gasteiger partial charge in [-0.25, -0.2) is 4.99 Å². The molecule has 2 saturated heterocycles. The molecule has 12 nitrogen and oxygen atoms in total. The predicted molar refractivity (Wildman–Crippen MR) is 186 cm³/mol. The Balaban J connectivity index is 1.50. The summed E-state index contributed by atoms with van der Waals surface area (Å²) in [5, 5.41) is 50.1. The number of Topliss-reactive ketones (excluding diaryl/α,β-unsaturated/α-hetero) is 1. The summed E-state index contributed by atoms with van der Waals surface area (Å²) in [6, 6.07) is 0.539. The van der Waals surface area contributed by atoms with Crippen LogP contribution >= 0.6 is 0 Å². The summed E-state index contributed by atoms with van der Waals surface area (Å²) in [6.07, 6.45) is 5.75.